The SMILES string of the molecule is [C-]#[N+]c1c(N2CCN(C(=O)C=C)C[C@@H]2C)c2cc(Cl)c(-c3cccc(N)c3F)cc2n(-c2ccccc2C(C)C)c1=O. The van der Waals surface area contributed by atoms with E-state index in [1.807, 2.05) is 49.9 Å². The number of hydrogen-bond acceptors (Lipinski definition) is 4. The summed E-state index contributed by atoms with van der Waals surface area (Å²) in [6, 6.07) is 15.5. The molecule has 2 N–H and O–H groups in total. The third kappa shape index (κ3) is 4.80. The van der Waals surface area contributed by atoms with Crippen LogP contribution in [0.5, 0.6) is 0 Å². The molecule has 0 radical (unpaired) electrons. The minimum atomic E-state index is -0.607. The predicted molar refractivity (Wildman–Crippen MR) is 168 cm³/mol. The Hall–Kier alpha value is -4.61. The minimum absolute atomic E-state index is 0.0176. The van der Waals surface area contributed by atoms with Crippen LogP contribution in [0, 0.1) is 12.4 Å². The lowest BCUT2D eigenvalue weighted by atomic mass is 9.98. The van der Waals surface area contributed by atoms with Crippen molar-refractivity contribution in [3.8, 4) is 16.8 Å². The molecule has 1 saturated heterocycles. The zero-order valence-electron chi connectivity index (χ0n) is 23.7. The number of amides is 1. The average molecular weight is 584 g/mol. The van der Waals surface area contributed by atoms with Gasteiger partial charge in [0.05, 0.1) is 29.2 Å². The topological polar surface area (TPSA) is 75.9 Å². The Bertz CT molecular complexity index is 1840. The largest absolute Gasteiger partial charge is 0.396 e. The summed E-state index contributed by atoms with van der Waals surface area (Å²) < 4.78 is 16.8. The Morgan fingerprint density at radius 1 is 1.17 bits per heavy atom. The fraction of sp³-hybridized carbons (Fsp3) is 0.242. The smallest absolute Gasteiger partial charge is 0.274 e. The molecule has 0 saturated carbocycles. The summed E-state index contributed by atoms with van der Waals surface area (Å²) in [6.07, 6.45) is 1.28. The van der Waals surface area contributed by atoms with Crippen LogP contribution < -0.4 is 16.2 Å². The van der Waals surface area contributed by atoms with Gasteiger partial charge in [0.25, 0.3) is 11.2 Å². The number of aromatic nitrogens is 1. The summed E-state index contributed by atoms with van der Waals surface area (Å²) in [5.74, 6) is -0.702. The van der Waals surface area contributed by atoms with Crippen molar-refractivity contribution >= 4 is 45.5 Å². The number of nitrogens with zero attached hydrogens (tertiary/aromatic N) is 4. The molecule has 4 aromatic rings. The van der Waals surface area contributed by atoms with Crippen molar-refractivity contribution < 1.29 is 9.18 Å². The number of fused-ring (bicyclic) bond motifs is 1. The number of benzene rings is 3. The maximum Gasteiger partial charge on any atom is 0.274 e. The van der Waals surface area contributed by atoms with Crippen LogP contribution in [0.4, 0.5) is 21.5 Å². The van der Waals surface area contributed by atoms with E-state index in [0.717, 1.165) is 5.56 Å². The van der Waals surface area contributed by atoms with Gasteiger partial charge in [-0.05, 0) is 48.7 Å². The van der Waals surface area contributed by atoms with Crippen molar-refractivity contribution in [3.05, 3.63) is 105 Å². The van der Waals surface area contributed by atoms with Crippen LogP contribution in [0.3, 0.4) is 0 Å². The van der Waals surface area contributed by atoms with E-state index in [9.17, 15) is 9.59 Å². The van der Waals surface area contributed by atoms with Gasteiger partial charge in [-0.25, -0.2) is 9.24 Å². The minimum Gasteiger partial charge on any atom is -0.396 e. The number of para-hydroxylation sites is 1. The second-order valence-corrected chi connectivity index (χ2v) is 11.2. The third-order valence-electron chi connectivity index (χ3n) is 7.84. The maximum atomic E-state index is 15.3. The van der Waals surface area contributed by atoms with Gasteiger partial charge >= 0.3 is 0 Å². The Morgan fingerprint density at radius 3 is 2.57 bits per heavy atom. The van der Waals surface area contributed by atoms with E-state index in [1.54, 1.807) is 29.2 Å². The fourth-order valence-electron chi connectivity index (χ4n) is 5.77. The number of carbonyl (C=O) groups is 1. The van der Waals surface area contributed by atoms with E-state index in [1.165, 1.54) is 16.7 Å². The van der Waals surface area contributed by atoms with Crippen LogP contribution in [-0.2, 0) is 4.79 Å². The molecular weight excluding hydrogens is 553 g/mol. The first kappa shape index (κ1) is 28.9. The maximum absolute atomic E-state index is 15.3. The number of halogens is 2. The zero-order valence-corrected chi connectivity index (χ0v) is 24.5. The Balaban J connectivity index is 1.88. The van der Waals surface area contributed by atoms with Crippen molar-refractivity contribution in [1.82, 2.24) is 9.47 Å². The van der Waals surface area contributed by atoms with Gasteiger partial charge in [0.15, 0.2) is 5.82 Å². The van der Waals surface area contributed by atoms with E-state index < -0.39 is 11.4 Å². The number of piperazine rings is 1. The zero-order chi connectivity index (χ0) is 30.3. The molecule has 3 aromatic carbocycles. The fourth-order valence-corrected chi connectivity index (χ4v) is 6.04. The van der Waals surface area contributed by atoms with Crippen LogP contribution in [0.25, 0.3) is 32.6 Å². The first-order chi connectivity index (χ1) is 20.1. The van der Waals surface area contributed by atoms with Gasteiger partial charge in [-0.1, -0.05) is 62.4 Å². The quantitative estimate of drug-likeness (QED) is 0.157. The van der Waals surface area contributed by atoms with Crippen LogP contribution >= 0.6 is 11.6 Å². The summed E-state index contributed by atoms with van der Waals surface area (Å²) in [6.45, 7) is 18.9. The van der Waals surface area contributed by atoms with Crippen molar-refractivity contribution in [3.63, 3.8) is 0 Å². The predicted octanol–water partition coefficient (Wildman–Crippen LogP) is 6.93. The second kappa shape index (κ2) is 11.3. The van der Waals surface area contributed by atoms with Crippen LogP contribution in [0.1, 0.15) is 32.3 Å². The van der Waals surface area contributed by atoms with Crippen molar-refractivity contribution in [2.24, 2.45) is 0 Å². The highest BCUT2D eigenvalue weighted by Crippen LogP contribution is 2.42. The molecule has 5 rings (SSSR count). The van der Waals surface area contributed by atoms with E-state index in [0.29, 0.717) is 47.5 Å². The van der Waals surface area contributed by atoms with Gasteiger partial charge in [-0.2, -0.15) is 0 Å². The third-order valence-corrected chi connectivity index (χ3v) is 8.16. The lowest BCUT2D eigenvalue weighted by molar-refractivity contribution is -0.126. The molecule has 7 nitrogen and oxygen atoms in total. The molecule has 1 aliphatic heterocycles. The van der Waals surface area contributed by atoms with Crippen molar-refractivity contribution in [1.29, 1.82) is 0 Å². The Morgan fingerprint density at radius 2 is 1.90 bits per heavy atom. The lowest BCUT2D eigenvalue weighted by Gasteiger charge is -2.42. The second-order valence-electron chi connectivity index (χ2n) is 10.8. The van der Waals surface area contributed by atoms with Gasteiger partial charge in [0, 0.05) is 47.2 Å². The van der Waals surface area contributed by atoms with Gasteiger partial charge in [-0.3, -0.25) is 14.2 Å². The van der Waals surface area contributed by atoms with Crippen LogP contribution in [0.2, 0.25) is 5.02 Å². The standard InChI is InChI=1S/C33H31ClFN5O2/c1-6-29(41)38-14-15-39(20(4)18-38)32-24-16-25(34)23(22-11-9-12-26(36)30(22)35)17-28(24)40(33(42)31(32)37-5)27-13-8-7-10-21(27)19(2)3/h6-13,16-17,19-20H,1,14-15,18,36H2,2-4H3/t20-/m0/s1. The van der Waals surface area contributed by atoms with Gasteiger partial charge in [0.2, 0.25) is 5.91 Å². The van der Waals surface area contributed by atoms with Gasteiger partial charge in [-0.15, -0.1) is 0 Å². The average Bonchev–Trinajstić information content (AvgIpc) is 2.98. The number of nitrogen functional groups attached to an aromatic ring is 1. The van der Waals surface area contributed by atoms with Crippen molar-refractivity contribution in [2.45, 2.75) is 32.7 Å². The first-order valence-electron chi connectivity index (χ1n) is 13.7. The molecule has 0 spiro atoms. The highest BCUT2D eigenvalue weighted by atomic mass is 35.5. The highest BCUT2D eigenvalue weighted by molar-refractivity contribution is 6.34. The number of rotatable bonds is 5. The number of pyridine rings is 1. The molecule has 0 bridgehead atoms. The Labute approximate surface area is 249 Å². The summed E-state index contributed by atoms with van der Waals surface area (Å²) in [4.78, 5) is 34.1. The first-order valence-corrected chi connectivity index (χ1v) is 14.1. The van der Waals surface area contributed by atoms with Crippen molar-refractivity contribution in [2.75, 3.05) is 30.3 Å². The molecule has 1 fully saturated rings. The molecule has 214 valence electrons. The summed E-state index contributed by atoms with van der Waals surface area (Å²) in [7, 11) is 0. The molecule has 2 heterocycles. The van der Waals surface area contributed by atoms with E-state index in [-0.39, 0.29) is 39.8 Å². The molecule has 1 amide bonds. The molecular formula is C33H31ClFN5O2. The lowest BCUT2D eigenvalue weighted by Crippen LogP contribution is -2.53. The molecule has 9 heteroatoms. The van der Waals surface area contributed by atoms with Gasteiger partial charge in [0.1, 0.15) is 0 Å². The highest BCUT2D eigenvalue weighted by Gasteiger charge is 2.31. The van der Waals surface area contributed by atoms with E-state index in [2.05, 4.69) is 11.4 Å². The van der Waals surface area contributed by atoms with Crippen LogP contribution in [-0.4, -0.2) is 41.1 Å². The number of carbonyl (C=O) groups excluding carboxylic acids is 1. The van der Waals surface area contributed by atoms with E-state index >= 15 is 4.39 Å². The molecule has 1 atom stereocenters. The monoisotopic (exact) mass is 583 g/mol. The van der Waals surface area contributed by atoms with E-state index in [4.69, 9.17) is 23.9 Å². The molecule has 1 aromatic heterocycles. The van der Waals surface area contributed by atoms with Crippen LogP contribution in [0.15, 0.2) is 72.0 Å². The number of anilines is 2. The molecule has 0 unspecified atom stereocenters. The Kier molecular flexibility index (Phi) is 7.81. The molecule has 42 heavy (non-hydrogen) atoms. The molecule has 1 aliphatic rings. The summed E-state index contributed by atoms with van der Waals surface area (Å²) in [5, 5.41) is 0.826. The normalized spacial score (nSPS) is 15.2. The number of nitrogens with two attached hydrogens (primary N) is 1. The molecule has 0 aliphatic carbocycles. The summed E-state index contributed by atoms with van der Waals surface area (Å²) in [5.41, 5.74) is 8.40. The number of hydrogen-bond donors (Lipinski definition) is 1. The summed E-state index contributed by atoms with van der Waals surface area (Å²) >= 11 is 6.85. The van der Waals surface area contributed by atoms with Gasteiger partial charge < -0.3 is 15.5 Å².